The maximum absolute atomic E-state index is 6.10. The summed E-state index contributed by atoms with van der Waals surface area (Å²) in [6.45, 7) is 2.25. The summed E-state index contributed by atoms with van der Waals surface area (Å²) in [4.78, 5) is 12.3. The number of aromatic nitrogens is 2. The highest BCUT2D eigenvalue weighted by Gasteiger charge is 2.32. The fourth-order valence-corrected chi connectivity index (χ4v) is 4.82. The van der Waals surface area contributed by atoms with Crippen molar-refractivity contribution in [1.29, 1.82) is 0 Å². The first kappa shape index (κ1) is 12.8. The van der Waals surface area contributed by atoms with Crippen molar-refractivity contribution in [2.24, 2.45) is 11.8 Å². The van der Waals surface area contributed by atoms with Gasteiger partial charge >= 0.3 is 0 Å². The van der Waals surface area contributed by atoms with Gasteiger partial charge in [0, 0.05) is 13.1 Å². The summed E-state index contributed by atoms with van der Waals surface area (Å²) in [5.74, 6) is 2.83. The number of piperidine rings is 1. The van der Waals surface area contributed by atoms with E-state index in [-0.39, 0.29) is 0 Å². The normalized spacial score (nSPS) is 26.8. The average molecular weight is 308 g/mol. The van der Waals surface area contributed by atoms with Crippen molar-refractivity contribution in [1.82, 2.24) is 9.97 Å². The summed E-state index contributed by atoms with van der Waals surface area (Å²) in [6.07, 6.45) is 6.93. The molecule has 1 aliphatic heterocycles. The average Bonchev–Trinajstić information content (AvgIpc) is 2.94. The van der Waals surface area contributed by atoms with Gasteiger partial charge in [-0.2, -0.15) is 4.98 Å². The van der Waals surface area contributed by atoms with Crippen molar-refractivity contribution < 1.29 is 0 Å². The number of nitrogens with zero attached hydrogens (tertiary/aromatic N) is 3. The van der Waals surface area contributed by atoms with Crippen LogP contribution < -0.4 is 4.90 Å². The molecule has 0 amide bonds. The molecule has 0 spiro atoms. The Balaban J connectivity index is 1.67. The third-order valence-electron chi connectivity index (χ3n) is 4.87. The second-order valence-corrected chi connectivity index (χ2v) is 7.23. The number of rotatable bonds is 1. The van der Waals surface area contributed by atoms with E-state index in [1.54, 1.807) is 11.3 Å². The molecule has 20 heavy (non-hydrogen) atoms. The first-order valence-corrected chi connectivity index (χ1v) is 8.73. The summed E-state index contributed by atoms with van der Waals surface area (Å²) in [5, 5.41) is 3.61. The molecular formula is C15H18ClN3S. The van der Waals surface area contributed by atoms with E-state index in [0.717, 1.165) is 41.0 Å². The van der Waals surface area contributed by atoms with E-state index in [4.69, 9.17) is 11.6 Å². The Labute approximate surface area is 128 Å². The maximum Gasteiger partial charge on any atom is 0.225 e. The molecule has 2 fully saturated rings. The van der Waals surface area contributed by atoms with Crippen molar-refractivity contribution in [3.63, 3.8) is 0 Å². The first-order chi connectivity index (χ1) is 9.81. The van der Waals surface area contributed by atoms with Crippen LogP contribution in [0.25, 0.3) is 10.2 Å². The van der Waals surface area contributed by atoms with Gasteiger partial charge in [0.05, 0.1) is 5.39 Å². The number of fused-ring (bicyclic) bond motifs is 2. The van der Waals surface area contributed by atoms with Gasteiger partial charge in [0.1, 0.15) is 10.6 Å². The lowest BCUT2D eigenvalue weighted by Crippen LogP contribution is -2.42. The molecule has 0 bridgehead atoms. The van der Waals surface area contributed by atoms with Crippen LogP contribution >= 0.6 is 22.9 Å². The molecule has 3 nitrogen and oxygen atoms in total. The largest absolute Gasteiger partial charge is 0.356 e. The number of hydrogen-bond donors (Lipinski definition) is 0. The van der Waals surface area contributed by atoms with E-state index < -0.39 is 0 Å². The number of hydrogen-bond acceptors (Lipinski definition) is 4. The first-order valence-electron chi connectivity index (χ1n) is 7.47. The van der Waals surface area contributed by atoms with Gasteiger partial charge in [-0.1, -0.05) is 19.3 Å². The van der Waals surface area contributed by atoms with Gasteiger partial charge in [0.2, 0.25) is 5.28 Å². The molecule has 2 aromatic heterocycles. The summed E-state index contributed by atoms with van der Waals surface area (Å²) in [5.41, 5.74) is 0. The SMILES string of the molecule is Clc1nc(N2CCC3CCCCC3C2)c2ccsc2n1. The molecule has 1 saturated carbocycles. The minimum absolute atomic E-state index is 0.376. The van der Waals surface area contributed by atoms with Gasteiger partial charge in [-0.15, -0.1) is 11.3 Å². The Morgan fingerprint density at radius 1 is 1.15 bits per heavy atom. The topological polar surface area (TPSA) is 29.0 Å². The molecule has 106 valence electrons. The highest BCUT2D eigenvalue weighted by Crippen LogP contribution is 2.39. The molecule has 1 saturated heterocycles. The summed E-state index contributed by atoms with van der Waals surface area (Å²) >= 11 is 7.74. The van der Waals surface area contributed by atoms with Crippen molar-refractivity contribution >= 4 is 39.0 Å². The second-order valence-electron chi connectivity index (χ2n) is 5.99. The van der Waals surface area contributed by atoms with Crippen LogP contribution in [0.4, 0.5) is 5.82 Å². The number of halogens is 1. The van der Waals surface area contributed by atoms with Crippen LogP contribution in [0.1, 0.15) is 32.1 Å². The van der Waals surface area contributed by atoms with Gasteiger partial charge in [0.15, 0.2) is 0 Å². The van der Waals surface area contributed by atoms with Crippen LogP contribution in [-0.2, 0) is 0 Å². The van der Waals surface area contributed by atoms with Gasteiger partial charge in [-0.25, -0.2) is 4.98 Å². The van der Waals surface area contributed by atoms with E-state index in [0.29, 0.717) is 5.28 Å². The molecule has 4 rings (SSSR count). The molecule has 2 atom stereocenters. The zero-order chi connectivity index (χ0) is 13.5. The summed E-state index contributed by atoms with van der Waals surface area (Å²) in [7, 11) is 0. The van der Waals surface area contributed by atoms with Crippen LogP contribution in [-0.4, -0.2) is 23.1 Å². The predicted octanol–water partition coefficient (Wildman–Crippen LogP) is 4.36. The predicted molar refractivity (Wildman–Crippen MR) is 84.7 cm³/mol. The minimum Gasteiger partial charge on any atom is -0.356 e. The van der Waals surface area contributed by atoms with Crippen LogP contribution in [0.2, 0.25) is 5.28 Å². The summed E-state index contributed by atoms with van der Waals surface area (Å²) < 4.78 is 0. The third-order valence-corrected chi connectivity index (χ3v) is 5.84. The lowest BCUT2D eigenvalue weighted by Gasteiger charge is -2.41. The molecule has 5 heteroatoms. The van der Waals surface area contributed by atoms with Crippen LogP contribution in [0.3, 0.4) is 0 Å². The van der Waals surface area contributed by atoms with E-state index >= 15 is 0 Å². The highest BCUT2D eigenvalue weighted by atomic mass is 35.5. The fraction of sp³-hybridized carbons (Fsp3) is 0.600. The molecule has 1 aliphatic carbocycles. The Morgan fingerprint density at radius 3 is 2.90 bits per heavy atom. The van der Waals surface area contributed by atoms with Crippen molar-refractivity contribution in [2.75, 3.05) is 18.0 Å². The Morgan fingerprint density at radius 2 is 2.00 bits per heavy atom. The molecule has 2 unspecified atom stereocenters. The van der Waals surface area contributed by atoms with Gasteiger partial charge in [0.25, 0.3) is 0 Å². The number of anilines is 1. The smallest absolute Gasteiger partial charge is 0.225 e. The monoisotopic (exact) mass is 307 g/mol. The zero-order valence-corrected chi connectivity index (χ0v) is 13.0. The molecule has 0 radical (unpaired) electrons. The van der Waals surface area contributed by atoms with E-state index in [1.807, 2.05) is 0 Å². The Bertz CT molecular complexity index is 627. The van der Waals surface area contributed by atoms with E-state index in [2.05, 4.69) is 26.3 Å². The summed E-state index contributed by atoms with van der Waals surface area (Å²) in [6, 6.07) is 2.12. The lowest BCUT2D eigenvalue weighted by molar-refractivity contribution is 0.202. The fourth-order valence-electron chi connectivity index (χ4n) is 3.85. The second kappa shape index (κ2) is 5.15. The molecular weight excluding hydrogens is 290 g/mol. The maximum atomic E-state index is 6.10. The minimum atomic E-state index is 0.376. The van der Waals surface area contributed by atoms with Gasteiger partial charge in [-0.3, -0.25) is 0 Å². The van der Waals surface area contributed by atoms with Crippen molar-refractivity contribution in [3.05, 3.63) is 16.7 Å². The highest BCUT2D eigenvalue weighted by molar-refractivity contribution is 7.16. The number of thiophene rings is 1. The van der Waals surface area contributed by atoms with Crippen LogP contribution in [0.15, 0.2) is 11.4 Å². The van der Waals surface area contributed by atoms with E-state index in [9.17, 15) is 0 Å². The quantitative estimate of drug-likeness (QED) is 0.733. The zero-order valence-electron chi connectivity index (χ0n) is 11.4. The molecule has 0 N–H and O–H groups in total. The van der Waals surface area contributed by atoms with Crippen LogP contribution in [0, 0.1) is 11.8 Å². The Hall–Kier alpha value is -0.870. The van der Waals surface area contributed by atoms with Crippen LogP contribution in [0.5, 0.6) is 0 Å². The molecule has 2 aromatic rings. The molecule has 2 aliphatic rings. The van der Waals surface area contributed by atoms with Gasteiger partial charge in [-0.05, 0) is 47.7 Å². The third kappa shape index (κ3) is 2.19. The lowest BCUT2D eigenvalue weighted by atomic mass is 9.75. The van der Waals surface area contributed by atoms with Crippen molar-refractivity contribution in [2.45, 2.75) is 32.1 Å². The molecule has 3 heterocycles. The standard InChI is InChI=1S/C15H18ClN3S/c16-15-17-13(12-6-8-20-14(12)18-15)19-7-5-10-3-1-2-4-11(10)9-19/h6,8,10-11H,1-5,7,9H2. The van der Waals surface area contributed by atoms with Crippen molar-refractivity contribution in [3.8, 4) is 0 Å². The van der Waals surface area contributed by atoms with Gasteiger partial charge < -0.3 is 4.90 Å². The molecule has 0 aromatic carbocycles. The van der Waals surface area contributed by atoms with E-state index in [1.165, 1.54) is 32.1 Å². The Kier molecular flexibility index (Phi) is 3.31.